The highest BCUT2D eigenvalue weighted by Gasteiger charge is 2.29. The molecule has 1 aromatic rings. The van der Waals surface area contributed by atoms with Gasteiger partial charge in [0.15, 0.2) is 0 Å². The Morgan fingerprint density at radius 3 is 2.21 bits per heavy atom. The van der Waals surface area contributed by atoms with E-state index in [9.17, 15) is 24.5 Å². The monoisotopic (exact) mass is 393 g/mol. The first-order valence-electron chi connectivity index (χ1n) is 8.46. The van der Waals surface area contributed by atoms with E-state index in [2.05, 4.69) is 6.58 Å². The van der Waals surface area contributed by atoms with Crippen LogP contribution in [0.5, 0.6) is 5.75 Å². The number of carbonyl (C=O) groups is 3. The van der Waals surface area contributed by atoms with Gasteiger partial charge in [0.2, 0.25) is 0 Å². The van der Waals surface area contributed by atoms with Crippen LogP contribution in [-0.4, -0.2) is 35.0 Å². The van der Waals surface area contributed by atoms with E-state index in [1.165, 1.54) is 30.3 Å². The Bertz CT molecular complexity index is 733. The molecule has 0 spiro atoms. The molecular formula is C19H23NO8. The van der Waals surface area contributed by atoms with Crippen LogP contribution in [0.15, 0.2) is 36.9 Å². The number of esters is 3. The Hall–Kier alpha value is -3.23. The van der Waals surface area contributed by atoms with E-state index in [-0.39, 0.29) is 24.5 Å². The summed E-state index contributed by atoms with van der Waals surface area (Å²) in [5.74, 6) is -3.23. The van der Waals surface area contributed by atoms with Crippen molar-refractivity contribution in [3.05, 3.63) is 47.0 Å². The predicted molar refractivity (Wildman–Crippen MR) is 98.5 cm³/mol. The molecule has 0 radical (unpaired) electrons. The summed E-state index contributed by atoms with van der Waals surface area (Å²) in [7, 11) is 0. The number of nitrogens with zero attached hydrogens (tertiary/aromatic N) is 1. The minimum atomic E-state index is -1.10. The first-order chi connectivity index (χ1) is 13.0. The number of carbonyl (C=O) groups excluding carboxylic acids is 3. The molecule has 0 aliphatic heterocycles. The molecule has 1 unspecified atom stereocenters. The third-order valence-corrected chi connectivity index (χ3v) is 3.20. The zero-order valence-corrected chi connectivity index (χ0v) is 16.0. The van der Waals surface area contributed by atoms with Gasteiger partial charge in [-0.05, 0) is 32.9 Å². The van der Waals surface area contributed by atoms with Crippen LogP contribution in [0.2, 0.25) is 0 Å². The summed E-state index contributed by atoms with van der Waals surface area (Å²) in [4.78, 5) is 46.4. The highest BCUT2D eigenvalue weighted by atomic mass is 16.6. The number of hydrogen-bond acceptors (Lipinski definition) is 8. The second kappa shape index (κ2) is 10.2. The largest absolute Gasteiger partial charge is 0.461 e. The summed E-state index contributed by atoms with van der Waals surface area (Å²) in [6.07, 6.45) is 0.576. The average molecular weight is 393 g/mol. The lowest BCUT2D eigenvalue weighted by Crippen LogP contribution is -2.30. The molecule has 0 saturated heterocycles. The third-order valence-electron chi connectivity index (χ3n) is 3.20. The lowest BCUT2D eigenvalue weighted by Gasteiger charge is -2.21. The van der Waals surface area contributed by atoms with Crippen LogP contribution in [0.3, 0.4) is 0 Å². The molecule has 1 rings (SSSR count). The van der Waals surface area contributed by atoms with E-state index in [4.69, 9.17) is 14.2 Å². The molecule has 1 aromatic carbocycles. The van der Waals surface area contributed by atoms with Gasteiger partial charge in [-0.2, -0.15) is 0 Å². The molecule has 9 heteroatoms. The van der Waals surface area contributed by atoms with E-state index in [0.29, 0.717) is 0 Å². The fourth-order valence-corrected chi connectivity index (χ4v) is 2.09. The van der Waals surface area contributed by atoms with Crippen molar-refractivity contribution in [2.24, 2.45) is 5.92 Å². The molecule has 0 bridgehead atoms. The normalized spacial score (nSPS) is 11.8. The second-order valence-corrected chi connectivity index (χ2v) is 6.84. The lowest BCUT2D eigenvalue weighted by molar-refractivity contribution is -0.384. The lowest BCUT2D eigenvalue weighted by atomic mass is 10.0. The maximum atomic E-state index is 12.2. The van der Waals surface area contributed by atoms with Crippen LogP contribution in [0, 0.1) is 16.0 Å². The maximum Gasteiger partial charge on any atom is 0.312 e. The summed E-state index contributed by atoms with van der Waals surface area (Å²) in [6, 6.07) is 4.88. The van der Waals surface area contributed by atoms with E-state index in [1.807, 2.05) is 0 Å². The Balaban J connectivity index is 2.78. The third kappa shape index (κ3) is 8.43. The number of nitro benzene ring substituents is 1. The van der Waals surface area contributed by atoms with Gasteiger partial charge in [0.05, 0.1) is 23.7 Å². The first kappa shape index (κ1) is 22.8. The molecule has 1 atom stereocenters. The zero-order valence-electron chi connectivity index (χ0n) is 16.0. The fourth-order valence-electron chi connectivity index (χ4n) is 2.09. The van der Waals surface area contributed by atoms with Crippen LogP contribution in [0.25, 0.3) is 0 Å². The van der Waals surface area contributed by atoms with Crippen molar-refractivity contribution in [1.82, 2.24) is 0 Å². The Morgan fingerprint density at radius 2 is 1.71 bits per heavy atom. The van der Waals surface area contributed by atoms with E-state index < -0.39 is 40.8 Å². The minimum absolute atomic E-state index is 0.0684. The van der Waals surface area contributed by atoms with Crippen molar-refractivity contribution >= 4 is 23.6 Å². The molecule has 0 amide bonds. The smallest absolute Gasteiger partial charge is 0.312 e. The van der Waals surface area contributed by atoms with Gasteiger partial charge in [-0.1, -0.05) is 12.7 Å². The van der Waals surface area contributed by atoms with Crippen molar-refractivity contribution in [3.8, 4) is 5.75 Å². The van der Waals surface area contributed by atoms with Gasteiger partial charge in [-0.3, -0.25) is 24.5 Å². The Kier molecular flexibility index (Phi) is 8.30. The SMILES string of the molecule is C=CCOC(=O)C(CC(=O)Oc1ccc([N+](=O)[O-])cc1)CC(=O)OC(C)(C)C. The molecule has 152 valence electrons. The summed E-state index contributed by atoms with van der Waals surface area (Å²) in [5, 5.41) is 10.6. The molecule has 0 heterocycles. The summed E-state index contributed by atoms with van der Waals surface area (Å²) < 4.78 is 15.2. The van der Waals surface area contributed by atoms with Crippen LogP contribution in [0.4, 0.5) is 5.69 Å². The van der Waals surface area contributed by atoms with Crippen molar-refractivity contribution in [2.45, 2.75) is 39.2 Å². The van der Waals surface area contributed by atoms with Gasteiger partial charge >= 0.3 is 17.9 Å². The minimum Gasteiger partial charge on any atom is -0.461 e. The van der Waals surface area contributed by atoms with Crippen LogP contribution in [-0.2, 0) is 23.9 Å². The topological polar surface area (TPSA) is 122 Å². The number of rotatable bonds is 9. The van der Waals surface area contributed by atoms with Gasteiger partial charge in [0.25, 0.3) is 5.69 Å². The number of non-ortho nitro benzene ring substituents is 1. The first-order valence-corrected chi connectivity index (χ1v) is 8.46. The highest BCUT2D eigenvalue weighted by Crippen LogP contribution is 2.20. The van der Waals surface area contributed by atoms with Gasteiger partial charge < -0.3 is 14.2 Å². The van der Waals surface area contributed by atoms with Gasteiger partial charge in [-0.15, -0.1) is 0 Å². The average Bonchev–Trinajstić information content (AvgIpc) is 2.57. The molecule has 0 aromatic heterocycles. The Morgan fingerprint density at radius 1 is 1.14 bits per heavy atom. The van der Waals surface area contributed by atoms with Crippen molar-refractivity contribution in [3.63, 3.8) is 0 Å². The quantitative estimate of drug-likeness (QED) is 0.206. The molecule has 28 heavy (non-hydrogen) atoms. The molecule has 0 N–H and O–H groups in total. The van der Waals surface area contributed by atoms with Crippen molar-refractivity contribution < 1.29 is 33.5 Å². The van der Waals surface area contributed by atoms with Gasteiger partial charge in [0, 0.05) is 12.1 Å². The van der Waals surface area contributed by atoms with E-state index >= 15 is 0 Å². The number of benzene rings is 1. The predicted octanol–water partition coefficient (Wildman–Crippen LogP) is 2.97. The molecule has 0 saturated carbocycles. The van der Waals surface area contributed by atoms with Crippen LogP contribution >= 0.6 is 0 Å². The molecule has 9 nitrogen and oxygen atoms in total. The molecule has 0 aliphatic carbocycles. The van der Waals surface area contributed by atoms with Gasteiger partial charge in [-0.25, -0.2) is 0 Å². The van der Waals surface area contributed by atoms with Crippen LogP contribution in [0.1, 0.15) is 33.6 Å². The van der Waals surface area contributed by atoms with Gasteiger partial charge in [0.1, 0.15) is 18.0 Å². The van der Waals surface area contributed by atoms with E-state index in [0.717, 1.165) is 0 Å². The molecular weight excluding hydrogens is 370 g/mol. The van der Waals surface area contributed by atoms with E-state index in [1.54, 1.807) is 20.8 Å². The van der Waals surface area contributed by atoms with Crippen LogP contribution < -0.4 is 4.74 Å². The van der Waals surface area contributed by atoms with Crippen molar-refractivity contribution in [1.29, 1.82) is 0 Å². The summed E-state index contributed by atoms with van der Waals surface area (Å²) in [6.45, 7) is 8.40. The highest BCUT2D eigenvalue weighted by molar-refractivity contribution is 5.85. The summed E-state index contributed by atoms with van der Waals surface area (Å²) in [5.41, 5.74) is -0.901. The number of nitro groups is 1. The Labute approximate surface area is 162 Å². The standard InChI is InChI=1S/C19H23NO8/c1-5-10-26-18(23)13(12-17(22)28-19(2,3)4)11-16(21)27-15-8-6-14(7-9-15)20(24)25/h5-9,13H,1,10-12H2,2-4H3. The zero-order chi connectivity index (χ0) is 21.3. The second-order valence-electron chi connectivity index (χ2n) is 6.84. The number of ether oxygens (including phenoxy) is 3. The molecule has 0 fully saturated rings. The molecule has 0 aliphatic rings. The maximum absolute atomic E-state index is 12.2. The fraction of sp³-hybridized carbons (Fsp3) is 0.421. The summed E-state index contributed by atoms with van der Waals surface area (Å²) >= 11 is 0. The number of hydrogen-bond donors (Lipinski definition) is 0. The van der Waals surface area contributed by atoms with Crippen molar-refractivity contribution in [2.75, 3.05) is 6.61 Å².